The Labute approximate surface area is 212 Å². The molecule has 6 nitrogen and oxygen atoms in total. The fraction of sp³-hybridized carbons (Fsp3) is 0.148. The first-order valence-corrected chi connectivity index (χ1v) is 11.9. The highest BCUT2D eigenvalue weighted by Gasteiger charge is 2.41. The van der Waals surface area contributed by atoms with Crippen LogP contribution in [-0.4, -0.2) is 32.0 Å². The number of benzene rings is 2. The third-order valence-corrected chi connectivity index (χ3v) is 6.47. The first-order chi connectivity index (χ1) is 17.5. The molecule has 2 atom stereocenters. The highest BCUT2D eigenvalue weighted by atomic mass is 32.1. The molecule has 1 saturated heterocycles. The third kappa shape index (κ3) is 4.83. The molecule has 1 aliphatic heterocycles. The number of amides is 1. The Morgan fingerprint density at radius 3 is 2.53 bits per heavy atom. The highest BCUT2D eigenvalue weighted by molar-refractivity contribution is 7.80. The van der Waals surface area contributed by atoms with Crippen molar-refractivity contribution in [1.82, 2.24) is 19.8 Å². The summed E-state index contributed by atoms with van der Waals surface area (Å²) in [6, 6.07) is 21.3. The quantitative estimate of drug-likeness (QED) is 0.342. The summed E-state index contributed by atoms with van der Waals surface area (Å²) in [6.07, 6.45) is 3.72. The first kappa shape index (κ1) is 23.6. The maximum Gasteiger partial charge on any atom is 0.226 e. The molecule has 1 fully saturated rings. The lowest BCUT2D eigenvalue weighted by atomic mass is 10.0. The minimum atomic E-state index is -0.491. The van der Waals surface area contributed by atoms with E-state index in [1.807, 2.05) is 46.0 Å². The van der Waals surface area contributed by atoms with Crippen LogP contribution in [0, 0.1) is 11.6 Å². The van der Waals surface area contributed by atoms with Gasteiger partial charge in [0.1, 0.15) is 11.6 Å². The van der Waals surface area contributed by atoms with Crippen molar-refractivity contribution in [2.75, 3.05) is 11.9 Å². The molecule has 1 amide bonds. The standard InChI is InChI=1S/C27H23F2N5OS/c28-18-10-12-19(13-11-18)33-16-5-9-23(33)26-25(22-8-3-4-15-30-22)32-27(36)34(26)17-14-24(35)31-21-7-2-1-6-20(21)29/h1-13,15-16,25-26H,14,17H2,(H,31,35)(H,32,36). The van der Waals surface area contributed by atoms with Gasteiger partial charge >= 0.3 is 0 Å². The molecular weight excluding hydrogens is 480 g/mol. The second-order valence-corrected chi connectivity index (χ2v) is 8.76. The molecular formula is C27H23F2N5OS. The Bertz CT molecular complexity index is 1380. The van der Waals surface area contributed by atoms with E-state index in [4.69, 9.17) is 12.2 Å². The van der Waals surface area contributed by atoms with Crippen molar-refractivity contribution in [1.29, 1.82) is 0 Å². The topological polar surface area (TPSA) is 62.2 Å². The number of pyridine rings is 1. The van der Waals surface area contributed by atoms with Gasteiger partial charge in [-0.2, -0.15) is 0 Å². The normalized spacial score (nSPS) is 17.2. The van der Waals surface area contributed by atoms with E-state index in [-0.39, 0.29) is 35.9 Å². The maximum atomic E-state index is 14.0. The Morgan fingerprint density at radius 1 is 1.00 bits per heavy atom. The molecule has 5 rings (SSSR count). The zero-order valence-corrected chi connectivity index (χ0v) is 20.0. The monoisotopic (exact) mass is 503 g/mol. The maximum absolute atomic E-state index is 14.0. The summed E-state index contributed by atoms with van der Waals surface area (Å²) in [6.45, 7) is 0.300. The van der Waals surface area contributed by atoms with Crippen LogP contribution in [0.5, 0.6) is 0 Å². The van der Waals surface area contributed by atoms with Crippen LogP contribution in [0.4, 0.5) is 14.5 Å². The third-order valence-electron chi connectivity index (χ3n) is 6.11. The molecule has 182 valence electrons. The predicted molar refractivity (Wildman–Crippen MR) is 138 cm³/mol. The van der Waals surface area contributed by atoms with Crippen LogP contribution in [0.2, 0.25) is 0 Å². The lowest BCUT2D eigenvalue weighted by molar-refractivity contribution is -0.116. The molecule has 0 bridgehead atoms. The molecule has 2 N–H and O–H groups in total. The van der Waals surface area contributed by atoms with Crippen molar-refractivity contribution in [3.05, 3.63) is 114 Å². The summed E-state index contributed by atoms with van der Waals surface area (Å²) >= 11 is 5.68. The van der Waals surface area contributed by atoms with Crippen molar-refractivity contribution in [3.8, 4) is 5.69 Å². The zero-order valence-electron chi connectivity index (χ0n) is 19.1. The van der Waals surface area contributed by atoms with Crippen LogP contribution in [0.15, 0.2) is 91.3 Å². The van der Waals surface area contributed by atoms with Gasteiger partial charge < -0.3 is 20.1 Å². The molecule has 3 heterocycles. The lowest BCUT2D eigenvalue weighted by Gasteiger charge is -2.28. The molecule has 4 aromatic rings. The van der Waals surface area contributed by atoms with Gasteiger partial charge in [-0.15, -0.1) is 0 Å². The van der Waals surface area contributed by atoms with Gasteiger partial charge in [-0.25, -0.2) is 8.78 Å². The summed E-state index contributed by atoms with van der Waals surface area (Å²) in [7, 11) is 0. The van der Waals surface area contributed by atoms with E-state index in [2.05, 4.69) is 15.6 Å². The number of anilines is 1. The Kier molecular flexibility index (Phi) is 6.73. The zero-order chi connectivity index (χ0) is 25.1. The number of hydrogen-bond acceptors (Lipinski definition) is 3. The second-order valence-electron chi connectivity index (χ2n) is 8.38. The van der Waals surface area contributed by atoms with Crippen molar-refractivity contribution in [2.24, 2.45) is 0 Å². The van der Waals surface area contributed by atoms with Crippen molar-refractivity contribution < 1.29 is 13.6 Å². The summed E-state index contributed by atoms with van der Waals surface area (Å²) < 4.78 is 29.5. The molecule has 2 aromatic heterocycles. The summed E-state index contributed by atoms with van der Waals surface area (Å²) in [5, 5.41) is 6.47. The second kappa shape index (κ2) is 10.2. The summed E-state index contributed by atoms with van der Waals surface area (Å²) in [5.41, 5.74) is 2.64. The fourth-order valence-corrected chi connectivity index (χ4v) is 4.77. The Hall–Kier alpha value is -4.11. The van der Waals surface area contributed by atoms with E-state index in [0.717, 1.165) is 17.1 Å². The average Bonchev–Trinajstić information content (AvgIpc) is 3.49. The number of para-hydroxylation sites is 1. The average molecular weight is 504 g/mol. The van der Waals surface area contributed by atoms with Gasteiger partial charge in [-0.05, 0) is 72.9 Å². The van der Waals surface area contributed by atoms with Crippen LogP contribution >= 0.6 is 12.2 Å². The molecule has 2 unspecified atom stereocenters. The molecule has 36 heavy (non-hydrogen) atoms. The molecule has 0 saturated carbocycles. The number of carbonyl (C=O) groups excluding carboxylic acids is 1. The van der Waals surface area contributed by atoms with Gasteiger partial charge in [0.05, 0.1) is 23.5 Å². The fourth-order valence-electron chi connectivity index (χ4n) is 4.44. The van der Waals surface area contributed by atoms with Crippen LogP contribution in [0.1, 0.15) is 29.9 Å². The Balaban J connectivity index is 1.44. The van der Waals surface area contributed by atoms with Gasteiger partial charge in [0.2, 0.25) is 5.91 Å². The van der Waals surface area contributed by atoms with Crippen LogP contribution in [0.25, 0.3) is 5.69 Å². The van der Waals surface area contributed by atoms with Gasteiger partial charge in [-0.1, -0.05) is 18.2 Å². The van der Waals surface area contributed by atoms with E-state index < -0.39 is 5.82 Å². The molecule has 1 aliphatic rings. The molecule has 0 spiro atoms. The van der Waals surface area contributed by atoms with E-state index in [1.54, 1.807) is 30.5 Å². The summed E-state index contributed by atoms with van der Waals surface area (Å²) in [4.78, 5) is 19.2. The van der Waals surface area contributed by atoms with Gasteiger partial charge in [0.25, 0.3) is 0 Å². The number of thiocarbonyl (C=S) groups is 1. The highest BCUT2D eigenvalue weighted by Crippen LogP contribution is 2.39. The number of carbonyl (C=O) groups is 1. The van der Waals surface area contributed by atoms with Crippen molar-refractivity contribution >= 4 is 28.9 Å². The van der Waals surface area contributed by atoms with E-state index in [9.17, 15) is 13.6 Å². The van der Waals surface area contributed by atoms with E-state index in [0.29, 0.717) is 11.7 Å². The number of rotatable bonds is 7. The number of hydrogen-bond donors (Lipinski definition) is 2. The number of nitrogens with zero attached hydrogens (tertiary/aromatic N) is 3. The van der Waals surface area contributed by atoms with E-state index >= 15 is 0 Å². The van der Waals surface area contributed by atoms with Gasteiger partial charge in [0, 0.05) is 36.7 Å². The smallest absolute Gasteiger partial charge is 0.226 e. The molecule has 2 aromatic carbocycles. The number of nitrogens with one attached hydrogen (secondary N) is 2. The van der Waals surface area contributed by atoms with Crippen molar-refractivity contribution in [3.63, 3.8) is 0 Å². The molecule has 0 radical (unpaired) electrons. The van der Waals surface area contributed by atoms with E-state index in [1.165, 1.54) is 24.3 Å². The van der Waals surface area contributed by atoms with Crippen LogP contribution in [-0.2, 0) is 4.79 Å². The largest absolute Gasteiger partial charge is 0.352 e. The van der Waals surface area contributed by atoms with Gasteiger partial charge in [-0.3, -0.25) is 9.78 Å². The summed E-state index contributed by atoms with van der Waals surface area (Å²) in [5.74, 6) is -1.13. The SMILES string of the molecule is O=C(CCN1C(=S)NC(c2ccccn2)C1c1cccn1-c1ccc(F)cc1)Nc1ccccc1F. The Morgan fingerprint density at radius 2 is 1.78 bits per heavy atom. The predicted octanol–water partition coefficient (Wildman–Crippen LogP) is 5.15. The minimum absolute atomic E-state index is 0.0961. The number of aromatic nitrogens is 2. The molecule has 9 heteroatoms. The van der Waals surface area contributed by atoms with Crippen LogP contribution in [0.3, 0.4) is 0 Å². The number of halogens is 2. The minimum Gasteiger partial charge on any atom is -0.352 e. The first-order valence-electron chi connectivity index (χ1n) is 11.5. The molecule has 0 aliphatic carbocycles. The lowest BCUT2D eigenvalue weighted by Crippen LogP contribution is -2.33. The van der Waals surface area contributed by atoms with Gasteiger partial charge in [0.15, 0.2) is 5.11 Å². The van der Waals surface area contributed by atoms with Crippen molar-refractivity contribution in [2.45, 2.75) is 18.5 Å². The van der Waals surface area contributed by atoms with Crippen LogP contribution < -0.4 is 10.6 Å².